The summed E-state index contributed by atoms with van der Waals surface area (Å²) in [7, 11) is 0. The molecule has 35 heavy (non-hydrogen) atoms. The van der Waals surface area contributed by atoms with Crippen molar-refractivity contribution < 1.29 is 18.9 Å². The zero-order valence-corrected chi connectivity index (χ0v) is 21.3. The molecule has 2 aliphatic carbocycles. The van der Waals surface area contributed by atoms with Gasteiger partial charge in [-0.3, -0.25) is 14.4 Å². The Balaban J connectivity index is 1.50. The van der Waals surface area contributed by atoms with Crippen molar-refractivity contribution >= 4 is 34.9 Å². The van der Waals surface area contributed by atoms with Crippen LogP contribution in [0.25, 0.3) is 0 Å². The summed E-state index contributed by atoms with van der Waals surface area (Å²) >= 11 is 1.58. The van der Waals surface area contributed by atoms with Gasteiger partial charge in [-0.2, -0.15) is 0 Å². The molecule has 0 aliphatic heterocycles. The van der Waals surface area contributed by atoms with Crippen molar-refractivity contribution in [1.29, 1.82) is 0 Å². The smallest absolute Gasteiger partial charge is 0.246 e. The van der Waals surface area contributed by atoms with Gasteiger partial charge in [0.15, 0.2) is 5.82 Å². The first kappa shape index (κ1) is 25.4. The molecule has 0 aromatic carbocycles. The zero-order chi connectivity index (χ0) is 24.7. The molecule has 0 radical (unpaired) electrons. The van der Waals surface area contributed by atoms with Crippen LogP contribution in [0.5, 0.6) is 0 Å². The van der Waals surface area contributed by atoms with Crippen molar-refractivity contribution in [3.63, 3.8) is 0 Å². The summed E-state index contributed by atoms with van der Waals surface area (Å²) in [6, 6.07) is 5.78. The minimum absolute atomic E-state index is 0.0171. The number of amides is 3. The lowest BCUT2D eigenvalue weighted by Gasteiger charge is -2.46. The van der Waals surface area contributed by atoms with Crippen LogP contribution < -0.4 is 10.6 Å². The van der Waals surface area contributed by atoms with Crippen molar-refractivity contribution in [3.05, 3.63) is 34.2 Å². The maximum absolute atomic E-state index is 13.8. The first-order chi connectivity index (χ1) is 17.0. The van der Waals surface area contributed by atoms with E-state index in [4.69, 9.17) is 4.52 Å². The first-order valence-electron chi connectivity index (χ1n) is 12.8. The number of carbonyl (C=O) groups is 3. The quantitative estimate of drug-likeness (QED) is 0.507. The van der Waals surface area contributed by atoms with Crippen molar-refractivity contribution in [2.24, 2.45) is 0 Å². The van der Waals surface area contributed by atoms with Crippen LogP contribution in [0.3, 0.4) is 0 Å². The predicted octanol–water partition coefficient (Wildman–Crippen LogP) is 4.94. The summed E-state index contributed by atoms with van der Waals surface area (Å²) in [5.74, 6) is 0.460. The summed E-state index contributed by atoms with van der Waals surface area (Å²) in [5.41, 5.74) is -0.865. The molecule has 0 spiro atoms. The fourth-order valence-electron chi connectivity index (χ4n) is 5.35. The van der Waals surface area contributed by atoms with E-state index in [0.29, 0.717) is 31.0 Å². The van der Waals surface area contributed by atoms with Crippen LogP contribution in [0.4, 0.5) is 5.82 Å². The Morgan fingerprint density at radius 1 is 1.11 bits per heavy atom. The minimum atomic E-state index is -0.865. The highest BCUT2D eigenvalue weighted by Gasteiger charge is 2.47. The molecule has 2 saturated carbocycles. The fraction of sp³-hybridized carbons (Fsp3) is 0.615. The molecule has 8 nitrogen and oxygen atoms in total. The molecule has 2 fully saturated rings. The molecule has 9 heteroatoms. The van der Waals surface area contributed by atoms with Gasteiger partial charge in [0, 0.05) is 29.8 Å². The van der Waals surface area contributed by atoms with Gasteiger partial charge in [-0.05, 0) is 44.1 Å². The Morgan fingerprint density at radius 2 is 1.86 bits per heavy atom. The Bertz CT molecular complexity index is 991. The van der Waals surface area contributed by atoms with Gasteiger partial charge >= 0.3 is 0 Å². The molecule has 0 bridgehead atoms. The van der Waals surface area contributed by atoms with Crippen LogP contribution in [-0.4, -0.2) is 39.4 Å². The molecule has 0 atom stereocenters. The summed E-state index contributed by atoms with van der Waals surface area (Å²) in [6.45, 7) is 2.13. The number of aromatic nitrogens is 1. The standard InChI is InChI=1S/C26H36N4O4S/c1-19-17-22(29-34-19)28-23(31)12-13-24(32)30(18-21-11-8-16-35-21)26(14-6-3-7-15-26)25(33)27-20-9-4-2-5-10-20/h8,11,16-17,20H,2-7,9-10,12-15,18H2,1H3,(H,27,33)(H,28,29,31). The van der Waals surface area contributed by atoms with E-state index in [1.165, 1.54) is 6.42 Å². The van der Waals surface area contributed by atoms with Crippen LogP contribution in [0.2, 0.25) is 0 Å². The van der Waals surface area contributed by atoms with Crippen molar-refractivity contribution in [2.45, 2.75) is 102 Å². The molecule has 2 aliphatic rings. The topological polar surface area (TPSA) is 105 Å². The zero-order valence-electron chi connectivity index (χ0n) is 20.5. The van der Waals surface area contributed by atoms with Crippen LogP contribution in [-0.2, 0) is 20.9 Å². The van der Waals surface area contributed by atoms with Gasteiger partial charge in [0.2, 0.25) is 17.7 Å². The lowest BCUT2D eigenvalue weighted by Crippen LogP contribution is -2.62. The second-order valence-corrected chi connectivity index (χ2v) is 10.9. The number of hydrogen-bond donors (Lipinski definition) is 2. The summed E-state index contributed by atoms with van der Waals surface area (Å²) in [5, 5.41) is 11.8. The third-order valence-corrected chi connectivity index (χ3v) is 8.08. The Labute approximate surface area is 210 Å². The number of carbonyl (C=O) groups excluding carboxylic acids is 3. The van der Waals surface area contributed by atoms with Crippen molar-refractivity contribution in [3.8, 4) is 0 Å². The summed E-state index contributed by atoms with van der Waals surface area (Å²) in [4.78, 5) is 42.8. The number of thiophene rings is 1. The number of aryl methyl sites for hydroxylation is 1. The lowest BCUT2D eigenvalue weighted by atomic mass is 9.78. The van der Waals surface area contributed by atoms with Gasteiger partial charge in [0.25, 0.3) is 0 Å². The first-order valence-corrected chi connectivity index (χ1v) is 13.7. The van der Waals surface area contributed by atoms with E-state index < -0.39 is 5.54 Å². The minimum Gasteiger partial charge on any atom is -0.360 e. The Kier molecular flexibility index (Phi) is 8.59. The number of rotatable bonds is 9. The maximum Gasteiger partial charge on any atom is 0.246 e. The number of nitrogens with one attached hydrogen (secondary N) is 2. The van der Waals surface area contributed by atoms with E-state index >= 15 is 0 Å². The van der Waals surface area contributed by atoms with E-state index in [1.807, 2.05) is 17.5 Å². The van der Waals surface area contributed by atoms with Crippen LogP contribution >= 0.6 is 11.3 Å². The molecule has 2 N–H and O–H groups in total. The van der Waals surface area contributed by atoms with Crippen LogP contribution in [0.1, 0.15) is 87.7 Å². The van der Waals surface area contributed by atoms with E-state index in [-0.39, 0.29) is 36.6 Å². The van der Waals surface area contributed by atoms with E-state index in [9.17, 15) is 14.4 Å². The molecular weight excluding hydrogens is 464 g/mol. The SMILES string of the molecule is Cc1cc(NC(=O)CCC(=O)N(Cc2cccs2)C2(C(=O)NC3CCCCC3)CCCCC2)no1. The number of hydrogen-bond acceptors (Lipinski definition) is 6. The van der Waals surface area contributed by atoms with E-state index in [2.05, 4.69) is 15.8 Å². The number of nitrogens with zero attached hydrogens (tertiary/aromatic N) is 2. The maximum atomic E-state index is 13.8. The average molecular weight is 501 g/mol. The van der Waals surface area contributed by atoms with Crippen LogP contribution in [0.15, 0.2) is 28.1 Å². The molecule has 0 saturated heterocycles. The van der Waals surface area contributed by atoms with Gasteiger partial charge in [0.05, 0.1) is 6.54 Å². The second-order valence-electron chi connectivity index (χ2n) is 9.83. The normalized spacial score (nSPS) is 18.1. The molecule has 2 aromatic rings. The van der Waals surface area contributed by atoms with Gasteiger partial charge in [0.1, 0.15) is 11.3 Å². The largest absolute Gasteiger partial charge is 0.360 e. The van der Waals surface area contributed by atoms with E-state index in [0.717, 1.165) is 49.8 Å². The molecule has 3 amide bonds. The molecule has 2 heterocycles. The monoisotopic (exact) mass is 500 g/mol. The fourth-order valence-corrected chi connectivity index (χ4v) is 6.04. The van der Waals surface area contributed by atoms with Crippen LogP contribution in [0, 0.1) is 6.92 Å². The molecule has 190 valence electrons. The molecular formula is C26H36N4O4S. The third kappa shape index (κ3) is 6.51. The Hall–Kier alpha value is -2.68. The predicted molar refractivity (Wildman–Crippen MR) is 135 cm³/mol. The average Bonchev–Trinajstić information content (AvgIpc) is 3.53. The summed E-state index contributed by atoms with van der Waals surface area (Å²) < 4.78 is 4.99. The molecule has 0 unspecified atom stereocenters. The van der Waals surface area contributed by atoms with Crippen molar-refractivity contribution in [2.75, 3.05) is 5.32 Å². The summed E-state index contributed by atoms with van der Waals surface area (Å²) in [6.07, 6.45) is 9.77. The van der Waals surface area contributed by atoms with Gasteiger partial charge in [-0.25, -0.2) is 0 Å². The van der Waals surface area contributed by atoms with Gasteiger partial charge < -0.3 is 20.1 Å². The van der Waals surface area contributed by atoms with Crippen molar-refractivity contribution in [1.82, 2.24) is 15.4 Å². The second kappa shape index (κ2) is 11.8. The van der Waals surface area contributed by atoms with Gasteiger partial charge in [-0.15, -0.1) is 11.3 Å². The highest BCUT2D eigenvalue weighted by molar-refractivity contribution is 7.09. The molecule has 4 rings (SSSR count). The third-order valence-electron chi connectivity index (χ3n) is 7.22. The Morgan fingerprint density at radius 3 is 2.51 bits per heavy atom. The molecule has 2 aromatic heterocycles. The highest BCUT2D eigenvalue weighted by atomic mass is 32.1. The van der Waals surface area contributed by atoms with Gasteiger partial charge in [-0.1, -0.05) is 49.7 Å². The lowest BCUT2D eigenvalue weighted by molar-refractivity contribution is -0.152. The van der Waals surface area contributed by atoms with E-state index in [1.54, 1.807) is 29.2 Å². The highest BCUT2D eigenvalue weighted by Crippen LogP contribution is 2.37. The number of anilines is 1.